The predicted molar refractivity (Wildman–Crippen MR) is 71.9 cm³/mol. The number of hydrogen-bond acceptors (Lipinski definition) is 3. The van der Waals surface area contributed by atoms with Gasteiger partial charge in [-0.15, -0.1) is 11.8 Å². The van der Waals surface area contributed by atoms with E-state index in [0.29, 0.717) is 0 Å². The van der Waals surface area contributed by atoms with Crippen LogP contribution >= 0.6 is 23.1 Å². The van der Waals surface area contributed by atoms with Crippen molar-refractivity contribution in [3.8, 4) is 0 Å². The Morgan fingerprint density at radius 3 is 2.88 bits per heavy atom. The Morgan fingerprint density at radius 1 is 1.29 bits per heavy atom. The molecule has 1 aliphatic heterocycles. The molecule has 4 heteroatoms. The quantitative estimate of drug-likeness (QED) is 0.783. The van der Waals surface area contributed by atoms with Crippen molar-refractivity contribution in [3.05, 3.63) is 14.5 Å². The highest BCUT2D eigenvalue weighted by Gasteiger charge is 2.57. The molecule has 0 amide bonds. The summed E-state index contributed by atoms with van der Waals surface area (Å²) in [4.78, 5) is 16.1. The molecule has 2 aliphatic carbocycles. The van der Waals surface area contributed by atoms with Gasteiger partial charge in [0.25, 0.3) is 0 Å². The third kappa shape index (κ3) is 1.26. The maximum atomic E-state index is 11.6. The Kier molecular flexibility index (Phi) is 2.02. The van der Waals surface area contributed by atoms with Crippen molar-refractivity contribution in [3.63, 3.8) is 0 Å². The van der Waals surface area contributed by atoms with Gasteiger partial charge in [-0.1, -0.05) is 25.2 Å². The molecule has 2 fully saturated rings. The summed E-state index contributed by atoms with van der Waals surface area (Å²) in [5.74, 6) is 2.62. The van der Waals surface area contributed by atoms with Gasteiger partial charge in [-0.25, -0.2) is 0 Å². The van der Waals surface area contributed by atoms with Crippen LogP contribution in [-0.4, -0.2) is 10.2 Å². The number of H-pyrrole nitrogens is 1. The first-order valence-electron chi connectivity index (χ1n) is 6.47. The summed E-state index contributed by atoms with van der Waals surface area (Å²) in [5.41, 5.74) is 0.203. The van der Waals surface area contributed by atoms with E-state index in [-0.39, 0.29) is 10.3 Å². The fourth-order valence-corrected chi connectivity index (χ4v) is 7.67. The summed E-state index contributed by atoms with van der Waals surface area (Å²) in [6.45, 7) is 4.71. The van der Waals surface area contributed by atoms with E-state index < -0.39 is 0 Å². The smallest absolute Gasteiger partial charge is 0.305 e. The molecular weight excluding hydrogens is 250 g/mol. The van der Waals surface area contributed by atoms with E-state index in [9.17, 15) is 4.79 Å². The van der Waals surface area contributed by atoms with Crippen molar-refractivity contribution >= 4 is 23.1 Å². The topological polar surface area (TPSA) is 32.9 Å². The molecule has 0 spiro atoms. The molecule has 1 aromatic rings. The molecule has 1 N–H and O–H groups in total. The van der Waals surface area contributed by atoms with E-state index in [4.69, 9.17) is 0 Å². The highest BCUT2D eigenvalue weighted by Crippen LogP contribution is 2.64. The van der Waals surface area contributed by atoms with E-state index in [0.717, 1.165) is 23.0 Å². The molecule has 92 valence electrons. The minimum Gasteiger partial charge on any atom is -0.307 e. The number of thioether (sulfide) groups is 1. The molecule has 1 aromatic heterocycles. The Balaban J connectivity index is 1.89. The van der Waals surface area contributed by atoms with E-state index in [1.165, 1.54) is 40.5 Å². The Labute approximate surface area is 109 Å². The van der Waals surface area contributed by atoms with Gasteiger partial charge in [0.05, 0.1) is 5.03 Å². The first-order valence-corrected chi connectivity index (χ1v) is 8.17. The molecular formula is C13H17NOS2. The van der Waals surface area contributed by atoms with Crippen molar-refractivity contribution in [1.82, 2.24) is 4.98 Å². The van der Waals surface area contributed by atoms with Crippen LogP contribution in [0.5, 0.6) is 0 Å². The minimum absolute atomic E-state index is 0.128. The van der Waals surface area contributed by atoms with Gasteiger partial charge in [-0.3, -0.25) is 4.79 Å². The monoisotopic (exact) mass is 267 g/mol. The second-order valence-electron chi connectivity index (χ2n) is 6.34. The van der Waals surface area contributed by atoms with Gasteiger partial charge in [0.15, 0.2) is 0 Å². The van der Waals surface area contributed by atoms with E-state index in [1.807, 2.05) is 11.8 Å². The van der Waals surface area contributed by atoms with Crippen LogP contribution in [0, 0.1) is 17.8 Å². The molecule has 2 bridgehead atoms. The van der Waals surface area contributed by atoms with Crippen LogP contribution in [0.15, 0.2) is 9.82 Å². The van der Waals surface area contributed by atoms with Gasteiger partial charge < -0.3 is 4.98 Å². The number of rotatable bonds is 0. The lowest BCUT2D eigenvalue weighted by molar-refractivity contribution is 0.218. The second kappa shape index (κ2) is 3.21. The van der Waals surface area contributed by atoms with E-state index in [2.05, 4.69) is 18.8 Å². The molecule has 4 rings (SSSR count). The molecule has 2 saturated carbocycles. The van der Waals surface area contributed by atoms with Crippen molar-refractivity contribution < 1.29 is 0 Å². The van der Waals surface area contributed by atoms with Gasteiger partial charge >= 0.3 is 4.87 Å². The highest BCUT2D eigenvalue weighted by atomic mass is 32.2. The summed E-state index contributed by atoms with van der Waals surface area (Å²) in [6.07, 6.45) is 4.27. The number of hydrogen-bond donors (Lipinski definition) is 1. The maximum Gasteiger partial charge on any atom is 0.305 e. The summed E-state index contributed by atoms with van der Waals surface area (Å²) in [6, 6.07) is 0. The van der Waals surface area contributed by atoms with Crippen LogP contribution in [-0.2, 0) is 5.41 Å². The average molecular weight is 267 g/mol. The molecule has 0 radical (unpaired) electrons. The first kappa shape index (κ1) is 10.7. The summed E-state index contributed by atoms with van der Waals surface area (Å²) >= 11 is 3.41. The lowest BCUT2D eigenvalue weighted by Crippen LogP contribution is -2.42. The predicted octanol–water partition coefficient (Wildman–Crippen LogP) is 3.23. The molecule has 0 aromatic carbocycles. The van der Waals surface area contributed by atoms with Gasteiger partial charge in [0.2, 0.25) is 0 Å². The van der Waals surface area contributed by atoms with E-state index >= 15 is 0 Å². The summed E-state index contributed by atoms with van der Waals surface area (Å²) < 4.78 is 0. The van der Waals surface area contributed by atoms with Crippen molar-refractivity contribution in [1.29, 1.82) is 0 Å². The molecule has 3 aliphatic rings. The van der Waals surface area contributed by atoms with Crippen molar-refractivity contribution in [2.24, 2.45) is 17.8 Å². The van der Waals surface area contributed by atoms with Gasteiger partial charge in [0.1, 0.15) is 0 Å². The Morgan fingerprint density at radius 2 is 2.06 bits per heavy atom. The number of aromatic amines is 1. The molecule has 0 unspecified atom stereocenters. The van der Waals surface area contributed by atoms with Crippen molar-refractivity contribution in [2.75, 3.05) is 0 Å². The minimum atomic E-state index is 0.128. The zero-order chi connectivity index (χ0) is 11.8. The zero-order valence-electron chi connectivity index (χ0n) is 10.2. The lowest BCUT2D eigenvalue weighted by atomic mass is 9.69. The number of nitrogens with one attached hydrogen (secondary N) is 1. The Bertz CT molecular complexity index is 530. The standard InChI is InChI=1S/C13H17NOS2/c1-13(2)8-6-3-4-7(5-6)9(8)16-11-10(13)17-12(15)14-11/h6-9H,3-5H2,1-2H3,(H,14,15)/t6-,7-,8+,9-/m1/s1. The van der Waals surface area contributed by atoms with Crippen molar-refractivity contribution in [2.45, 2.75) is 48.8 Å². The van der Waals surface area contributed by atoms with Crippen LogP contribution in [0.25, 0.3) is 0 Å². The summed E-state index contributed by atoms with van der Waals surface area (Å²) in [5, 5.41) is 1.94. The second-order valence-corrected chi connectivity index (χ2v) is 8.51. The third-order valence-corrected chi connectivity index (χ3v) is 7.97. The van der Waals surface area contributed by atoms with Crippen LogP contribution < -0.4 is 4.87 Å². The van der Waals surface area contributed by atoms with E-state index in [1.54, 1.807) is 0 Å². The fourth-order valence-electron chi connectivity index (χ4n) is 4.52. The van der Waals surface area contributed by atoms with Crippen LogP contribution in [0.4, 0.5) is 0 Å². The van der Waals surface area contributed by atoms with Crippen LogP contribution in [0.1, 0.15) is 38.0 Å². The number of fused-ring (bicyclic) bond motifs is 6. The van der Waals surface area contributed by atoms with Crippen LogP contribution in [0.3, 0.4) is 0 Å². The SMILES string of the molecule is CC1(C)c2sc(=O)[nH]c2S[C@@H]2[C@@H]3CC[C@H](C3)[C@@H]21. The van der Waals surface area contributed by atoms with Gasteiger partial charge in [-0.2, -0.15) is 0 Å². The maximum absolute atomic E-state index is 11.6. The van der Waals surface area contributed by atoms with Crippen LogP contribution in [0.2, 0.25) is 0 Å². The molecule has 17 heavy (non-hydrogen) atoms. The molecule has 2 heterocycles. The van der Waals surface area contributed by atoms with Gasteiger partial charge in [-0.05, 0) is 37.0 Å². The third-order valence-electron chi connectivity index (χ3n) is 5.13. The lowest BCUT2D eigenvalue weighted by Gasteiger charge is -2.45. The largest absolute Gasteiger partial charge is 0.307 e. The average Bonchev–Trinajstić information content (AvgIpc) is 2.90. The number of aromatic nitrogens is 1. The first-order chi connectivity index (χ1) is 8.07. The molecule has 4 atom stereocenters. The molecule has 0 saturated heterocycles. The molecule has 2 nitrogen and oxygen atoms in total. The van der Waals surface area contributed by atoms with Gasteiger partial charge in [0, 0.05) is 15.5 Å². The fraction of sp³-hybridized carbons (Fsp3) is 0.769. The Hall–Kier alpha value is -0.220. The summed E-state index contributed by atoms with van der Waals surface area (Å²) in [7, 11) is 0. The highest BCUT2D eigenvalue weighted by molar-refractivity contribution is 8.00. The zero-order valence-corrected chi connectivity index (χ0v) is 11.8. The normalized spacial score (nSPS) is 41.3. The number of thiazole rings is 1.